The van der Waals surface area contributed by atoms with Crippen molar-refractivity contribution in [1.29, 1.82) is 0 Å². The molecule has 1 aliphatic heterocycles. The van der Waals surface area contributed by atoms with Crippen LogP contribution in [0.4, 0.5) is 0 Å². The topological polar surface area (TPSA) is 49.4 Å². The minimum absolute atomic E-state index is 0.356. The van der Waals surface area contributed by atoms with Crippen molar-refractivity contribution in [1.82, 2.24) is 9.62 Å². The fourth-order valence-corrected chi connectivity index (χ4v) is 6.71. The van der Waals surface area contributed by atoms with Crippen LogP contribution in [-0.4, -0.2) is 38.4 Å². The summed E-state index contributed by atoms with van der Waals surface area (Å²) in [5.74, 6) is 0.388. The van der Waals surface area contributed by atoms with Crippen molar-refractivity contribution in [2.24, 2.45) is 5.92 Å². The van der Waals surface area contributed by atoms with E-state index in [1.807, 2.05) is 5.38 Å². The highest BCUT2D eigenvalue weighted by atomic mass is 79.9. The lowest BCUT2D eigenvalue weighted by Gasteiger charge is -2.35. The van der Waals surface area contributed by atoms with Crippen molar-refractivity contribution in [3.05, 3.63) is 15.9 Å². The molecule has 2 unspecified atom stereocenters. The predicted molar refractivity (Wildman–Crippen MR) is 91.3 cm³/mol. The summed E-state index contributed by atoms with van der Waals surface area (Å²) in [4.78, 5) is 0. The molecular formula is C14H23BrN2O2S2. The van der Waals surface area contributed by atoms with E-state index in [0.29, 0.717) is 33.7 Å². The Labute approximate surface area is 140 Å². The lowest BCUT2D eigenvalue weighted by atomic mass is 9.93. The quantitative estimate of drug-likeness (QED) is 0.804. The van der Waals surface area contributed by atoms with Crippen molar-refractivity contribution >= 4 is 37.3 Å². The molecule has 0 radical (unpaired) electrons. The van der Waals surface area contributed by atoms with Crippen LogP contribution < -0.4 is 5.32 Å². The number of halogens is 1. The Bertz CT molecular complexity index is 559. The summed E-state index contributed by atoms with van der Waals surface area (Å²) >= 11 is 4.62. The highest BCUT2D eigenvalue weighted by molar-refractivity contribution is 9.10. The minimum atomic E-state index is -3.36. The van der Waals surface area contributed by atoms with Gasteiger partial charge in [0.2, 0.25) is 0 Å². The number of nitrogens with one attached hydrogen (secondary N) is 1. The third-order valence-electron chi connectivity index (χ3n) is 4.00. The average molecular weight is 395 g/mol. The molecule has 2 heterocycles. The number of nitrogens with zero attached hydrogens (tertiary/aromatic N) is 1. The molecule has 0 spiro atoms. The molecule has 2 rings (SSSR count). The maximum Gasteiger partial charge on any atom is 0.253 e. The Balaban J connectivity index is 2.09. The molecule has 1 aromatic heterocycles. The number of thiophene rings is 1. The zero-order valence-electron chi connectivity index (χ0n) is 12.5. The van der Waals surface area contributed by atoms with E-state index in [1.165, 1.54) is 11.3 Å². The summed E-state index contributed by atoms with van der Waals surface area (Å²) in [6.45, 7) is 6.54. The molecule has 4 nitrogen and oxygen atoms in total. The fourth-order valence-electron chi connectivity index (χ4n) is 2.72. The molecule has 21 heavy (non-hydrogen) atoms. The van der Waals surface area contributed by atoms with Crippen LogP contribution in [-0.2, 0) is 10.0 Å². The van der Waals surface area contributed by atoms with Crippen molar-refractivity contribution < 1.29 is 8.42 Å². The molecule has 1 fully saturated rings. The van der Waals surface area contributed by atoms with Crippen molar-refractivity contribution in [3.63, 3.8) is 0 Å². The van der Waals surface area contributed by atoms with Gasteiger partial charge in [0.1, 0.15) is 4.21 Å². The van der Waals surface area contributed by atoms with Gasteiger partial charge in [-0.05, 0) is 66.0 Å². The van der Waals surface area contributed by atoms with Crippen LogP contribution in [0.15, 0.2) is 20.1 Å². The van der Waals surface area contributed by atoms with Gasteiger partial charge in [-0.25, -0.2) is 8.42 Å². The van der Waals surface area contributed by atoms with E-state index in [2.05, 4.69) is 35.1 Å². The van der Waals surface area contributed by atoms with Gasteiger partial charge in [0.15, 0.2) is 0 Å². The third kappa shape index (κ3) is 4.07. The first kappa shape index (κ1) is 17.4. The van der Waals surface area contributed by atoms with Gasteiger partial charge in [0, 0.05) is 23.6 Å². The number of piperidine rings is 1. The lowest BCUT2D eigenvalue weighted by Crippen LogP contribution is -2.46. The van der Waals surface area contributed by atoms with E-state index in [4.69, 9.17) is 0 Å². The largest absolute Gasteiger partial charge is 0.314 e. The molecule has 2 atom stereocenters. The van der Waals surface area contributed by atoms with E-state index in [1.54, 1.807) is 10.4 Å². The average Bonchev–Trinajstić information content (AvgIpc) is 2.91. The highest BCUT2D eigenvalue weighted by Gasteiger charge is 2.33. The Morgan fingerprint density at radius 3 is 2.95 bits per heavy atom. The summed E-state index contributed by atoms with van der Waals surface area (Å²) in [6.07, 6.45) is 3.13. The molecule has 7 heteroatoms. The highest BCUT2D eigenvalue weighted by Crippen LogP contribution is 2.32. The van der Waals surface area contributed by atoms with Crippen LogP contribution in [0.1, 0.15) is 33.1 Å². The molecule has 0 bridgehead atoms. The Kier molecular flexibility index (Phi) is 6.25. The summed E-state index contributed by atoms with van der Waals surface area (Å²) in [7, 11) is -3.36. The third-order valence-corrected chi connectivity index (χ3v) is 8.52. The van der Waals surface area contributed by atoms with E-state index in [-0.39, 0.29) is 0 Å². The molecule has 0 saturated carbocycles. The molecule has 0 aromatic carbocycles. The first-order valence-electron chi connectivity index (χ1n) is 7.43. The van der Waals surface area contributed by atoms with Gasteiger partial charge in [-0.2, -0.15) is 4.31 Å². The van der Waals surface area contributed by atoms with E-state index in [0.717, 1.165) is 25.8 Å². The molecule has 120 valence electrons. The second-order valence-corrected chi connectivity index (χ2v) is 9.47. The van der Waals surface area contributed by atoms with Crippen LogP contribution in [0.2, 0.25) is 0 Å². The fraction of sp³-hybridized carbons (Fsp3) is 0.714. The van der Waals surface area contributed by atoms with E-state index >= 15 is 0 Å². The van der Waals surface area contributed by atoms with Gasteiger partial charge in [-0.15, -0.1) is 11.3 Å². The number of hydrogen-bond acceptors (Lipinski definition) is 4. The van der Waals surface area contributed by atoms with Gasteiger partial charge >= 0.3 is 0 Å². The Hall–Kier alpha value is 0.0500. The van der Waals surface area contributed by atoms with Crippen molar-refractivity contribution in [2.75, 3.05) is 19.6 Å². The molecule has 1 aromatic rings. The Morgan fingerprint density at radius 1 is 1.57 bits per heavy atom. The standard InChI is InChI=1S/C14H23BrN2O2S2/c1-3-7-16-11(2)12-5-4-8-17(10-12)21(18,19)14-13(15)6-9-20-14/h6,9,11-12,16H,3-5,7-8,10H2,1-2H3. The first-order chi connectivity index (χ1) is 9.96. The zero-order valence-corrected chi connectivity index (χ0v) is 15.7. The van der Waals surface area contributed by atoms with Crippen LogP contribution >= 0.6 is 27.3 Å². The monoisotopic (exact) mass is 394 g/mol. The summed E-state index contributed by atoms with van der Waals surface area (Å²) in [5.41, 5.74) is 0. The van der Waals surface area contributed by atoms with Crippen LogP contribution in [0.25, 0.3) is 0 Å². The van der Waals surface area contributed by atoms with Crippen LogP contribution in [0.3, 0.4) is 0 Å². The normalized spacial score (nSPS) is 22.3. The van der Waals surface area contributed by atoms with E-state index in [9.17, 15) is 8.42 Å². The van der Waals surface area contributed by atoms with Crippen LogP contribution in [0, 0.1) is 5.92 Å². The molecule has 1 aliphatic rings. The van der Waals surface area contributed by atoms with Gasteiger partial charge in [0.05, 0.1) is 0 Å². The first-order valence-corrected chi connectivity index (χ1v) is 10.5. The Morgan fingerprint density at radius 2 is 2.33 bits per heavy atom. The second kappa shape index (κ2) is 7.55. The van der Waals surface area contributed by atoms with Gasteiger partial charge in [-0.3, -0.25) is 0 Å². The summed E-state index contributed by atoms with van der Waals surface area (Å²) in [6, 6.07) is 2.15. The van der Waals surface area contributed by atoms with Gasteiger partial charge in [0.25, 0.3) is 10.0 Å². The van der Waals surface area contributed by atoms with Crippen LogP contribution in [0.5, 0.6) is 0 Å². The van der Waals surface area contributed by atoms with Crippen molar-refractivity contribution in [2.45, 2.75) is 43.4 Å². The number of rotatable bonds is 6. The van der Waals surface area contributed by atoms with Gasteiger partial charge in [-0.1, -0.05) is 6.92 Å². The molecule has 0 amide bonds. The zero-order chi connectivity index (χ0) is 15.5. The maximum absolute atomic E-state index is 12.7. The second-order valence-electron chi connectivity index (χ2n) is 5.56. The maximum atomic E-state index is 12.7. The SMILES string of the molecule is CCCNC(C)C1CCCN(S(=O)(=O)c2sccc2Br)C1. The van der Waals surface area contributed by atoms with E-state index < -0.39 is 10.0 Å². The molecule has 1 N–H and O–H groups in total. The molecule has 1 saturated heterocycles. The van der Waals surface area contributed by atoms with Gasteiger partial charge < -0.3 is 5.32 Å². The summed E-state index contributed by atoms with van der Waals surface area (Å²) < 4.78 is 28.2. The number of sulfonamides is 1. The summed E-state index contributed by atoms with van der Waals surface area (Å²) in [5, 5.41) is 5.30. The molecular weight excluding hydrogens is 372 g/mol. The smallest absolute Gasteiger partial charge is 0.253 e. The molecule has 0 aliphatic carbocycles. The minimum Gasteiger partial charge on any atom is -0.314 e. The van der Waals surface area contributed by atoms with Crippen molar-refractivity contribution in [3.8, 4) is 0 Å². The lowest BCUT2D eigenvalue weighted by molar-refractivity contribution is 0.224. The number of hydrogen-bond donors (Lipinski definition) is 1. The predicted octanol–water partition coefficient (Wildman–Crippen LogP) is 3.30.